The van der Waals surface area contributed by atoms with Crippen LogP contribution in [0.3, 0.4) is 0 Å². The molecule has 1 saturated heterocycles. The van der Waals surface area contributed by atoms with E-state index >= 15 is 0 Å². The normalized spacial score (nSPS) is 22.9. The maximum Gasteiger partial charge on any atom is 0.239 e. The summed E-state index contributed by atoms with van der Waals surface area (Å²) in [6, 6.07) is -0.302. The van der Waals surface area contributed by atoms with Gasteiger partial charge in [0.2, 0.25) is 11.8 Å². The topological polar surface area (TPSA) is 61.4 Å². The first kappa shape index (κ1) is 16.3. The van der Waals surface area contributed by atoms with Gasteiger partial charge in [-0.1, -0.05) is 19.3 Å². The van der Waals surface area contributed by atoms with Gasteiger partial charge in [0.25, 0.3) is 0 Å². The monoisotopic (exact) mass is 295 g/mol. The van der Waals surface area contributed by atoms with Crippen LogP contribution in [0.25, 0.3) is 0 Å². The summed E-state index contributed by atoms with van der Waals surface area (Å²) in [6.45, 7) is 5.40. The SMILES string of the molecule is CC(NC(C)C(=O)N1CCCC1)C(=O)NC1CCCCC1. The second-order valence-corrected chi connectivity index (χ2v) is 6.49. The molecule has 2 atom stereocenters. The summed E-state index contributed by atoms with van der Waals surface area (Å²) in [6.07, 6.45) is 8.04. The summed E-state index contributed by atoms with van der Waals surface area (Å²) < 4.78 is 0. The van der Waals surface area contributed by atoms with Crippen molar-refractivity contribution in [1.82, 2.24) is 15.5 Å². The number of carbonyl (C=O) groups excluding carboxylic acids is 2. The van der Waals surface area contributed by atoms with Crippen LogP contribution in [0.1, 0.15) is 58.8 Å². The fraction of sp³-hybridized carbons (Fsp3) is 0.875. The van der Waals surface area contributed by atoms with Gasteiger partial charge < -0.3 is 10.2 Å². The van der Waals surface area contributed by atoms with Crippen molar-refractivity contribution < 1.29 is 9.59 Å². The number of hydrogen-bond donors (Lipinski definition) is 2. The molecule has 0 spiro atoms. The van der Waals surface area contributed by atoms with Crippen LogP contribution in [0.4, 0.5) is 0 Å². The fourth-order valence-electron chi connectivity index (χ4n) is 3.31. The highest BCUT2D eigenvalue weighted by Crippen LogP contribution is 2.17. The molecule has 2 amide bonds. The zero-order valence-corrected chi connectivity index (χ0v) is 13.4. The quantitative estimate of drug-likeness (QED) is 0.806. The summed E-state index contributed by atoms with van der Waals surface area (Å²) in [4.78, 5) is 26.3. The molecule has 5 nitrogen and oxygen atoms in total. The third kappa shape index (κ3) is 4.70. The Morgan fingerprint density at radius 3 is 2.19 bits per heavy atom. The summed E-state index contributed by atoms with van der Waals surface area (Å²) in [5.74, 6) is 0.132. The Morgan fingerprint density at radius 1 is 0.952 bits per heavy atom. The van der Waals surface area contributed by atoms with Gasteiger partial charge in [-0.05, 0) is 39.5 Å². The molecule has 2 N–H and O–H groups in total. The molecule has 1 heterocycles. The average Bonchev–Trinajstić information content (AvgIpc) is 3.01. The zero-order chi connectivity index (χ0) is 15.2. The minimum Gasteiger partial charge on any atom is -0.352 e. The van der Waals surface area contributed by atoms with Crippen molar-refractivity contribution in [1.29, 1.82) is 0 Å². The number of nitrogens with one attached hydrogen (secondary N) is 2. The average molecular weight is 295 g/mol. The van der Waals surface area contributed by atoms with E-state index < -0.39 is 0 Å². The molecule has 0 aromatic rings. The van der Waals surface area contributed by atoms with E-state index in [4.69, 9.17) is 0 Å². The van der Waals surface area contributed by atoms with Gasteiger partial charge in [0.05, 0.1) is 12.1 Å². The van der Waals surface area contributed by atoms with Crippen molar-refractivity contribution in [2.75, 3.05) is 13.1 Å². The second-order valence-electron chi connectivity index (χ2n) is 6.49. The fourth-order valence-corrected chi connectivity index (χ4v) is 3.31. The largest absolute Gasteiger partial charge is 0.352 e. The molecule has 5 heteroatoms. The van der Waals surface area contributed by atoms with E-state index in [1.165, 1.54) is 19.3 Å². The first-order chi connectivity index (χ1) is 10.1. The smallest absolute Gasteiger partial charge is 0.239 e. The van der Waals surface area contributed by atoms with Gasteiger partial charge in [0.1, 0.15) is 0 Å². The summed E-state index contributed by atoms with van der Waals surface area (Å²) in [5.41, 5.74) is 0. The highest BCUT2D eigenvalue weighted by Gasteiger charge is 2.26. The maximum absolute atomic E-state index is 12.2. The Labute approximate surface area is 127 Å². The first-order valence-electron chi connectivity index (χ1n) is 8.43. The number of carbonyl (C=O) groups is 2. The van der Waals surface area contributed by atoms with Gasteiger partial charge in [-0.15, -0.1) is 0 Å². The van der Waals surface area contributed by atoms with E-state index in [2.05, 4.69) is 10.6 Å². The van der Waals surface area contributed by atoms with Gasteiger partial charge >= 0.3 is 0 Å². The lowest BCUT2D eigenvalue weighted by Crippen LogP contribution is -2.53. The molecule has 0 aromatic carbocycles. The van der Waals surface area contributed by atoms with E-state index in [0.717, 1.165) is 38.8 Å². The molecule has 21 heavy (non-hydrogen) atoms. The first-order valence-corrected chi connectivity index (χ1v) is 8.43. The van der Waals surface area contributed by atoms with Crippen molar-refractivity contribution >= 4 is 11.8 Å². The lowest BCUT2D eigenvalue weighted by molar-refractivity contribution is -0.132. The minimum atomic E-state index is -0.325. The van der Waals surface area contributed by atoms with Gasteiger partial charge in [0, 0.05) is 19.1 Å². The Morgan fingerprint density at radius 2 is 1.57 bits per heavy atom. The molecule has 2 rings (SSSR count). The number of likely N-dealkylation sites (tertiary alicyclic amines) is 1. The Hall–Kier alpha value is -1.10. The molecule has 2 unspecified atom stereocenters. The van der Waals surface area contributed by atoms with Crippen LogP contribution in [0.5, 0.6) is 0 Å². The number of amides is 2. The van der Waals surface area contributed by atoms with Crippen LogP contribution in [0, 0.1) is 0 Å². The van der Waals surface area contributed by atoms with Crippen molar-refractivity contribution in [2.24, 2.45) is 0 Å². The van der Waals surface area contributed by atoms with E-state index in [0.29, 0.717) is 6.04 Å². The predicted molar refractivity (Wildman–Crippen MR) is 82.9 cm³/mol. The standard InChI is InChI=1S/C16H29N3O2/c1-12(15(20)18-14-8-4-3-5-9-14)17-13(2)16(21)19-10-6-7-11-19/h12-14,17H,3-11H2,1-2H3,(H,18,20). The predicted octanol–water partition coefficient (Wildman–Crippen LogP) is 1.42. The molecule has 0 radical (unpaired) electrons. The minimum absolute atomic E-state index is 0.0166. The molecule has 0 aromatic heterocycles. The van der Waals surface area contributed by atoms with Crippen molar-refractivity contribution in [3.05, 3.63) is 0 Å². The highest BCUT2D eigenvalue weighted by atomic mass is 16.2. The third-order valence-electron chi connectivity index (χ3n) is 4.63. The highest BCUT2D eigenvalue weighted by molar-refractivity contribution is 5.85. The van der Waals surface area contributed by atoms with Gasteiger partial charge in [-0.2, -0.15) is 0 Å². The summed E-state index contributed by atoms with van der Waals surface area (Å²) in [5, 5.41) is 6.25. The van der Waals surface area contributed by atoms with E-state index in [1.807, 2.05) is 18.7 Å². The summed E-state index contributed by atoms with van der Waals surface area (Å²) in [7, 11) is 0. The Kier molecular flexibility index (Phi) is 6.03. The number of rotatable bonds is 5. The van der Waals surface area contributed by atoms with Gasteiger partial charge in [-0.25, -0.2) is 0 Å². The maximum atomic E-state index is 12.2. The molecule has 1 aliphatic heterocycles. The van der Waals surface area contributed by atoms with Gasteiger partial charge in [-0.3, -0.25) is 14.9 Å². The Bertz CT molecular complexity index is 361. The van der Waals surface area contributed by atoms with Crippen LogP contribution in [-0.2, 0) is 9.59 Å². The third-order valence-corrected chi connectivity index (χ3v) is 4.63. The lowest BCUT2D eigenvalue weighted by atomic mass is 9.95. The molecular formula is C16H29N3O2. The van der Waals surface area contributed by atoms with Crippen LogP contribution in [0.15, 0.2) is 0 Å². The number of hydrogen-bond acceptors (Lipinski definition) is 3. The van der Waals surface area contributed by atoms with E-state index in [1.54, 1.807) is 0 Å². The molecule has 1 aliphatic carbocycles. The van der Waals surface area contributed by atoms with Crippen LogP contribution in [0.2, 0.25) is 0 Å². The zero-order valence-electron chi connectivity index (χ0n) is 13.4. The summed E-state index contributed by atoms with van der Waals surface area (Å²) >= 11 is 0. The molecule has 0 bridgehead atoms. The molecule has 2 fully saturated rings. The van der Waals surface area contributed by atoms with Crippen LogP contribution >= 0.6 is 0 Å². The van der Waals surface area contributed by atoms with E-state index in [9.17, 15) is 9.59 Å². The molecule has 120 valence electrons. The van der Waals surface area contributed by atoms with Crippen molar-refractivity contribution in [3.8, 4) is 0 Å². The molecule has 2 aliphatic rings. The molecular weight excluding hydrogens is 266 g/mol. The van der Waals surface area contributed by atoms with Crippen molar-refractivity contribution in [2.45, 2.75) is 76.9 Å². The number of nitrogens with zero attached hydrogens (tertiary/aromatic N) is 1. The van der Waals surface area contributed by atoms with E-state index in [-0.39, 0.29) is 23.9 Å². The second kappa shape index (κ2) is 7.78. The van der Waals surface area contributed by atoms with Crippen LogP contribution in [-0.4, -0.2) is 47.9 Å². The lowest BCUT2D eigenvalue weighted by Gasteiger charge is -2.27. The Balaban J connectivity index is 1.75. The molecule has 1 saturated carbocycles. The van der Waals surface area contributed by atoms with Crippen molar-refractivity contribution in [3.63, 3.8) is 0 Å². The van der Waals surface area contributed by atoms with Gasteiger partial charge in [0.15, 0.2) is 0 Å². The van der Waals surface area contributed by atoms with Crippen LogP contribution < -0.4 is 10.6 Å².